The van der Waals surface area contributed by atoms with E-state index in [-0.39, 0.29) is 12.2 Å². The fourth-order valence-electron chi connectivity index (χ4n) is 1.85. The van der Waals surface area contributed by atoms with Crippen LogP contribution in [0.3, 0.4) is 0 Å². The van der Waals surface area contributed by atoms with E-state index in [1.165, 1.54) is 6.08 Å². The Morgan fingerprint density at radius 3 is 2.65 bits per heavy atom. The molecule has 0 aliphatic carbocycles. The Hall–Kier alpha value is -2.48. The molecule has 2 rings (SSSR count). The number of primary amides is 1. The summed E-state index contributed by atoms with van der Waals surface area (Å²) in [4.78, 5) is 11.2. The normalized spacial score (nSPS) is 10.9. The van der Waals surface area contributed by atoms with E-state index in [0.717, 1.165) is 5.56 Å². The van der Waals surface area contributed by atoms with Crippen LogP contribution in [0.15, 0.2) is 48.0 Å². The van der Waals surface area contributed by atoms with Gasteiger partial charge in [0.05, 0.1) is 0 Å². The lowest BCUT2D eigenvalue weighted by Crippen LogP contribution is -2.12. The van der Waals surface area contributed by atoms with Gasteiger partial charge in [-0.05, 0) is 30.3 Å². The molecule has 2 N–H and O–H groups in total. The highest BCUT2D eigenvalue weighted by Gasteiger charge is 2.09. The Labute approximate surface area is 143 Å². The van der Waals surface area contributed by atoms with Gasteiger partial charge in [-0.25, -0.2) is 0 Å². The van der Waals surface area contributed by atoms with E-state index in [0.29, 0.717) is 21.4 Å². The number of nitrogens with two attached hydrogens (primary N) is 1. The highest BCUT2D eigenvalue weighted by molar-refractivity contribution is 6.31. The summed E-state index contributed by atoms with van der Waals surface area (Å²) in [5.74, 6) is -0.354. The summed E-state index contributed by atoms with van der Waals surface area (Å²) in [7, 11) is 0. The summed E-state index contributed by atoms with van der Waals surface area (Å²) < 4.78 is 5.73. The van der Waals surface area contributed by atoms with Crippen molar-refractivity contribution in [1.82, 2.24) is 0 Å². The van der Waals surface area contributed by atoms with Crippen molar-refractivity contribution in [3.63, 3.8) is 0 Å². The highest BCUT2D eigenvalue weighted by atomic mass is 35.5. The Morgan fingerprint density at radius 1 is 1.26 bits per heavy atom. The topological polar surface area (TPSA) is 76.1 Å². The van der Waals surface area contributed by atoms with Crippen LogP contribution in [0.4, 0.5) is 0 Å². The monoisotopic (exact) mass is 346 g/mol. The lowest BCUT2D eigenvalue weighted by molar-refractivity contribution is -0.114. The van der Waals surface area contributed by atoms with Gasteiger partial charge in [-0.15, -0.1) is 0 Å². The minimum Gasteiger partial charge on any atom is -0.488 e. The highest BCUT2D eigenvalue weighted by Crippen LogP contribution is 2.27. The van der Waals surface area contributed by atoms with Crippen molar-refractivity contribution in [1.29, 1.82) is 5.26 Å². The second-order valence-corrected chi connectivity index (χ2v) is 5.44. The van der Waals surface area contributed by atoms with Crippen LogP contribution in [0.1, 0.15) is 11.1 Å². The molecule has 1 amide bonds. The Kier molecular flexibility index (Phi) is 5.64. The van der Waals surface area contributed by atoms with Crippen LogP contribution >= 0.6 is 23.2 Å². The molecule has 4 nitrogen and oxygen atoms in total. The number of halogens is 2. The van der Waals surface area contributed by atoms with Gasteiger partial charge in [0.25, 0.3) is 5.91 Å². The van der Waals surface area contributed by atoms with E-state index in [1.54, 1.807) is 30.3 Å². The number of nitriles is 1. The third kappa shape index (κ3) is 4.49. The summed E-state index contributed by atoms with van der Waals surface area (Å²) in [6.45, 7) is 0.237. The number of rotatable bonds is 5. The van der Waals surface area contributed by atoms with E-state index in [9.17, 15) is 4.79 Å². The SMILES string of the molecule is N#C/C(=C\c1cc(Cl)ccc1OCc1ccccc1Cl)C(N)=O. The number of carbonyl (C=O) groups is 1. The second-order valence-electron chi connectivity index (χ2n) is 4.60. The van der Waals surface area contributed by atoms with Crippen molar-refractivity contribution in [2.75, 3.05) is 0 Å². The van der Waals surface area contributed by atoms with Gasteiger partial charge in [-0.1, -0.05) is 41.4 Å². The summed E-state index contributed by atoms with van der Waals surface area (Å²) >= 11 is 12.0. The van der Waals surface area contributed by atoms with Crippen LogP contribution in [0.2, 0.25) is 10.0 Å². The van der Waals surface area contributed by atoms with Crippen molar-refractivity contribution in [2.24, 2.45) is 5.73 Å². The second kappa shape index (κ2) is 7.68. The largest absolute Gasteiger partial charge is 0.488 e. The van der Waals surface area contributed by atoms with Crippen molar-refractivity contribution in [2.45, 2.75) is 6.61 Å². The van der Waals surface area contributed by atoms with Crippen LogP contribution in [0, 0.1) is 11.3 Å². The number of hydrogen-bond donors (Lipinski definition) is 1. The summed E-state index contributed by atoms with van der Waals surface area (Å²) in [6, 6.07) is 13.9. The number of hydrogen-bond acceptors (Lipinski definition) is 3. The van der Waals surface area contributed by atoms with Gasteiger partial charge in [0, 0.05) is 21.2 Å². The van der Waals surface area contributed by atoms with Crippen LogP contribution in [-0.2, 0) is 11.4 Å². The van der Waals surface area contributed by atoms with Crippen molar-refractivity contribution in [3.05, 3.63) is 69.2 Å². The maximum atomic E-state index is 11.2. The molecular formula is C17H12Cl2N2O2. The van der Waals surface area contributed by atoms with Crippen molar-refractivity contribution >= 4 is 35.2 Å². The number of amides is 1. The van der Waals surface area contributed by atoms with Crippen LogP contribution in [0.5, 0.6) is 5.75 Å². The molecule has 116 valence electrons. The van der Waals surface area contributed by atoms with Crippen molar-refractivity contribution < 1.29 is 9.53 Å². The summed E-state index contributed by atoms with van der Waals surface area (Å²) in [6.07, 6.45) is 1.34. The molecule has 2 aromatic carbocycles. The molecule has 0 unspecified atom stereocenters. The molecule has 6 heteroatoms. The van der Waals surface area contributed by atoms with Gasteiger partial charge in [0.2, 0.25) is 0 Å². The molecule has 0 fully saturated rings. The first-order chi connectivity index (χ1) is 11.0. The third-order valence-corrected chi connectivity index (χ3v) is 3.60. The molecule has 0 spiro atoms. The predicted octanol–water partition coefficient (Wildman–Crippen LogP) is 3.96. The zero-order valence-corrected chi connectivity index (χ0v) is 13.4. The molecule has 0 aliphatic heterocycles. The zero-order valence-electron chi connectivity index (χ0n) is 11.9. The van der Waals surface area contributed by atoms with Crippen LogP contribution in [-0.4, -0.2) is 5.91 Å². The Balaban J connectivity index is 2.31. The molecule has 0 heterocycles. The summed E-state index contributed by atoms with van der Waals surface area (Å²) in [5.41, 5.74) is 6.26. The Bertz CT molecular complexity index is 810. The molecule has 2 aromatic rings. The molecular weight excluding hydrogens is 335 g/mol. The molecule has 0 radical (unpaired) electrons. The van der Waals surface area contributed by atoms with Crippen LogP contribution in [0.25, 0.3) is 6.08 Å². The fraction of sp³-hybridized carbons (Fsp3) is 0.0588. The first kappa shape index (κ1) is 16.9. The first-order valence-electron chi connectivity index (χ1n) is 6.58. The number of nitrogens with zero attached hydrogens (tertiary/aromatic N) is 1. The predicted molar refractivity (Wildman–Crippen MR) is 90.0 cm³/mol. The number of ether oxygens (including phenoxy) is 1. The van der Waals surface area contributed by atoms with Crippen LogP contribution < -0.4 is 10.5 Å². The van der Waals surface area contributed by atoms with Gasteiger partial charge >= 0.3 is 0 Å². The van der Waals surface area contributed by atoms with E-state index in [2.05, 4.69) is 0 Å². The van der Waals surface area contributed by atoms with E-state index in [1.807, 2.05) is 18.2 Å². The fourth-order valence-corrected chi connectivity index (χ4v) is 2.22. The zero-order chi connectivity index (χ0) is 16.8. The number of carbonyl (C=O) groups excluding carboxylic acids is 1. The number of benzene rings is 2. The van der Waals surface area contributed by atoms with Gasteiger partial charge < -0.3 is 10.5 Å². The van der Waals surface area contributed by atoms with E-state index < -0.39 is 5.91 Å². The van der Waals surface area contributed by atoms with Gasteiger partial charge in [-0.2, -0.15) is 5.26 Å². The summed E-state index contributed by atoms with van der Waals surface area (Å²) in [5, 5.41) is 9.99. The smallest absolute Gasteiger partial charge is 0.259 e. The third-order valence-electron chi connectivity index (χ3n) is 3.00. The minimum atomic E-state index is -0.815. The maximum absolute atomic E-state index is 11.2. The molecule has 23 heavy (non-hydrogen) atoms. The molecule has 0 bridgehead atoms. The minimum absolute atomic E-state index is 0.185. The molecule has 0 atom stereocenters. The van der Waals surface area contributed by atoms with Gasteiger partial charge in [0.15, 0.2) is 0 Å². The lowest BCUT2D eigenvalue weighted by Gasteiger charge is -2.11. The van der Waals surface area contributed by atoms with Gasteiger partial charge in [0.1, 0.15) is 24.0 Å². The molecule has 0 saturated heterocycles. The van der Waals surface area contributed by atoms with Crippen molar-refractivity contribution in [3.8, 4) is 11.8 Å². The average Bonchev–Trinajstić information content (AvgIpc) is 2.52. The first-order valence-corrected chi connectivity index (χ1v) is 7.34. The molecule has 0 aromatic heterocycles. The maximum Gasteiger partial charge on any atom is 0.259 e. The quantitative estimate of drug-likeness (QED) is 0.657. The molecule has 0 aliphatic rings. The van der Waals surface area contributed by atoms with E-state index in [4.69, 9.17) is 38.9 Å². The van der Waals surface area contributed by atoms with E-state index >= 15 is 0 Å². The lowest BCUT2D eigenvalue weighted by atomic mass is 10.1. The Morgan fingerprint density at radius 2 is 2.00 bits per heavy atom. The average molecular weight is 347 g/mol. The standard InChI is InChI=1S/C17H12Cl2N2O2/c18-14-5-6-16(12(8-14)7-13(9-20)17(21)22)23-10-11-3-1-2-4-15(11)19/h1-8H,10H2,(H2,21,22)/b13-7+. The van der Waals surface area contributed by atoms with Gasteiger partial charge in [-0.3, -0.25) is 4.79 Å². The molecule has 0 saturated carbocycles.